The summed E-state index contributed by atoms with van der Waals surface area (Å²) in [5.74, 6) is -0.473. The highest BCUT2D eigenvalue weighted by atomic mass is 35.5. The molecule has 7 heteroatoms. The van der Waals surface area contributed by atoms with E-state index in [1.165, 1.54) is 18.2 Å². The highest BCUT2D eigenvalue weighted by Gasteiger charge is 2.19. The molecule has 3 rings (SSSR count). The summed E-state index contributed by atoms with van der Waals surface area (Å²) in [4.78, 5) is 12.6. The van der Waals surface area contributed by atoms with E-state index in [2.05, 4.69) is 10.0 Å². The molecule has 1 amide bonds. The van der Waals surface area contributed by atoms with Gasteiger partial charge in [0.25, 0.3) is 5.91 Å². The van der Waals surface area contributed by atoms with Gasteiger partial charge in [-0.15, -0.1) is 0 Å². The van der Waals surface area contributed by atoms with Crippen LogP contribution >= 0.6 is 11.6 Å². The lowest BCUT2D eigenvalue weighted by Crippen LogP contribution is -2.24. The molecule has 0 bridgehead atoms. The van der Waals surface area contributed by atoms with Crippen molar-refractivity contribution in [2.24, 2.45) is 0 Å². The van der Waals surface area contributed by atoms with Gasteiger partial charge in [-0.05, 0) is 42.3 Å². The zero-order valence-electron chi connectivity index (χ0n) is 15.1. The second kappa shape index (κ2) is 8.56. The van der Waals surface area contributed by atoms with Gasteiger partial charge in [-0.1, -0.05) is 60.1 Å². The third kappa shape index (κ3) is 4.78. The van der Waals surface area contributed by atoms with Crippen molar-refractivity contribution in [1.29, 1.82) is 0 Å². The van der Waals surface area contributed by atoms with Crippen molar-refractivity contribution < 1.29 is 13.2 Å². The van der Waals surface area contributed by atoms with Gasteiger partial charge in [0.2, 0.25) is 10.0 Å². The van der Waals surface area contributed by atoms with Crippen LogP contribution in [0.15, 0.2) is 77.7 Å². The van der Waals surface area contributed by atoms with Gasteiger partial charge < -0.3 is 5.32 Å². The van der Waals surface area contributed by atoms with Crippen LogP contribution in [0.4, 0.5) is 5.69 Å². The van der Waals surface area contributed by atoms with Crippen molar-refractivity contribution in [2.75, 3.05) is 5.32 Å². The lowest BCUT2D eigenvalue weighted by molar-refractivity contribution is 0.102. The van der Waals surface area contributed by atoms with Crippen molar-refractivity contribution in [3.63, 3.8) is 0 Å². The van der Waals surface area contributed by atoms with Gasteiger partial charge in [-0.25, -0.2) is 13.1 Å². The van der Waals surface area contributed by atoms with Crippen LogP contribution in [0.25, 0.3) is 0 Å². The van der Waals surface area contributed by atoms with E-state index in [1.54, 1.807) is 12.1 Å². The zero-order chi connectivity index (χ0) is 20.1. The molecule has 144 valence electrons. The van der Waals surface area contributed by atoms with Gasteiger partial charge in [-0.3, -0.25) is 4.79 Å². The maximum atomic E-state index is 12.6. The lowest BCUT2D eigenvalue weighted by Gasteiger charge is -2.11. The van der Waals surface area contributed by atoms with Crippen LogP contribution in [-0.2, 0) is 16.6 Å². The van der Waals surface area contributed by atoms with E-state index in [0.29, 0.717) is 5.69 Å². The molecular weight excluding hydrogens is 396 g/mol. The summed E-state index contributed by atoms with van der Waals surface area (Å²) in [6, 6.07) is 20.5. The number of hydrogen-bond acceptors (Lipinski definition) is 3. The Morgan fingerprint density at radius 2 is 1.64 bits per heavy atom. The molecule has 0 radical (unpaired) electrons. The molecular formula is C21H19ClN2O3S. The van der Waals surface area contributed by atoms with E-state index >= 15 is 0 Å². The number of carbonyl (C=O) groups excluding carboxylic acids is 1. The van der Waals surface area contributed by atoms with Gasteiger partial charge in [0, 0.05) is 12.2 Å². The van der Waals surface area contributed by atoms with Gasteiger partial charge in [0.15, 0.2) is 0 Å². The first kappa shape index (κ1) is 20.1. The van der Waals surface area contributed by atoms with Crippen molar-refractivity contribution in [2.45, 2.75) is 18.4 Å². The van der Waals surface area contributed by atoms with E-state index in [9.17, 15) is 13.2 Å². The molecule has 0 saturated carbocycles. The number of carbonyl (C=O) groups is 1. The Labute approximate surface area is 169 Å². The predicted molar refractivity (Wildman–Crippen MR) is 111 cm³/mol. The summed E-state index contributed by atoms with van der Waals surface area (Å²) in [5.41, 5.74) is 2.45. The fourth-order valence-electron chi connectivity index (χ4n) is 2.61. The van der Waals surface area contributed by atoms with Crippen LogP contribution in [0.2, 0.25) is 5.02 Å². The first-order valence-electron chi connectivity index (χ1n) is 8.57. The standard InChI is InChI=1S/C21H19ClN2O3S/c1-15-7-5-6-10-20(15)24-21(25)18-13-17(11-12-19(18)22)28(26,27)23-14-16-8-3-2-4-9-16/h2-13,23H,14H2,1H3,(H,24,25). The van der Waals surface area contributed by atoms with Gasteiger partial charge >= 0.3 is 0 Å². The van der Waals surface area contributed by atoms with E-state index in [-0.39, 0.29) is 22.0 Å². The van der Waals surface area contributed by atoms with E-state index in [4.69, 9.17) is 11.6 Å². The average Bonchev–Trinajstić information content (AvgIpc) is 2.69. The monoisotopic (exact) mass is 414 g/mol. The highest BCUT2D eigenvalue weighted by Crippen LogP contribution is 2.23. The third-order valence-corrected chi connectivity index (χ3v) is 5.92. The third-order valence-electron chi connectivity index (χ3n) is 4.20. The second-order valence-electron chi connectivity index (χ2n) is 6.22. The van der Waals surface area contributed by atoms with Crippen LogP contribution < -0.4 is 10.0 Å². The summed E-state index contributed by atoms with van der Waals surface area (Å²) < 4.78 is 27.8. The molecule has 3 aromatic rings. The highest BCUT2D eigenvalue weighted by molar-refractivity contribution is 7.89. The van der Waals surface area contributed by atoms with Crippen molar-refractivity contribution in [1.82, 2.24) is 4.72 Å². The van der Waals surface area contributed by atoms with Gasteiger partial charge in [0.1, 0.15) is 0 Å². The Balaban J connectivity index is 1.82. The number of hydrogen-bond donors (Lipinski definition) is 2. The van der Waals surface area contributed by atoms with Crippen LogP contribution in [-0.4, -0.2) is 14.3 Å². The molecule has 0 spiro atoms. The molecule has 0 aliphatic heterocycles. The van der Waals surface area contributed by atoms with Crippen molar-refractivity contribution in [3.8, 4) is 0 Å². The predicted octanol–water partition coefficient (Wildman–Crippen LogP) is 4.38. The first-order valence-corrected chi connectivity index (χ1v) is 10.4. The minimum Gasteiger partial charge on any atom is -0.322 e. The van der Waals surface area contributed by atoms with Crippen LogP contribution in [0.1, 0.15) is 21.5 Å². The molecule has 0 saturated heterocycles. The summed E-state index contributed by atoms with van der Waals surface area (Å²) in [6.07, 6.45) is 0. The van der Waals surface area contributed by atoms with Crippen LogP contribution in [0, 0.1) is 6.92 Å². The molecule has 0 aromatic heterocycles. The Kier molecular flexibility index (Phi) is 6.14. The molecule has 0 aliphatic carbocycles. The summed E-state index contributed by atoms with van der Waals surface area (Å²) >= 11 is 6.14. The Morgan fingerprint density at radius 1 is 0.964 bits per heavy atom. The molecule has 0 heterocycles. The van der Waals surface area contributed by atoms with Crippen LogP contribution in [0.3, 0.4) is 0 Å². The molecule has 3 aromatic carbocycles. The van der Waals surface area contributed by atoms with Gasteiger partial charge in [0.05, 0.1) is 15.5 Å². The number of amides is 1. The largest absolute Gasteiger partial charge is 0.322 e. The maximum absolute atomic E-state index is 12.6. The molecule has 0 unspecified atom stereocenters. The summed E-state index contributed by atoms with van der Waals surface area (Å²) in [7, 11) is -3.80. The number of anilines is 1. The maximum Gasteiger partial charge on any atom is 0.257 e. The molecule has 0 fully saturated rings. The smallest absolute Gasteiger partial charge is 0.257 e. The molecule has 0 aliphatic rings. The van der Waals surface area contributed by atoms with Crippen LogP contribution in [0.5, 0.6) is 0 Å². The minimum absolute atomic E-state index is 0.0252. The lowest BCUT2D eigenvalue weighted by atomic mass is 10.1. The number of nitrogens with one attached hydrogen (secondary N) is 2. The van der Waals surface area contributed by atoms with Gasteiger partial charge in [-0.2, -0.15) is 0 Å². The normalized spacial score (nSPS) is 11.2. The number of aryl methyl sites for hydroxylation is 1. The number of halogens is 1. The second-order valence-corrected chi connectivity index (χ2v) is 8.40. The Bertz CT molecular complexity index is 1100. The Hall–Kier alpha value is -2.67. The molecule has 5 nitrogen and oxygen atoms in total. The average molecular weight is 415 g/mol. The quantitative estimate of drug-likeness (QED) is 0.628. The SMILES string of the molecule is Cc1ccccc1NC(=O)c1cc(S(=O)(=O)NCc2ccccc2)ccc1Cl. The van der Waals surface area contributed by atoms with E-state index in [0.717, 1.165) is 11.1 Å². The zero-order valence-corrected chi connectivity index (χ0v) is 16.7. The first-order chi connectivity index (χ1) is 13.4. The molecule has 2 N–H and O–H groups in total. The number of benzene rings is 3. The number of para-hydroxylation sites is 1. The van der Waals surface area contributed by atoms with E-state index < -0.39 is 15.9 Å². The fourth-order valence-corrected chi connectivity index (χ4v) is 3.85. The summed E-state index contributed by atoms with van der Waals surface area (Å²) in [5, 5.41) is 2.94. The van der Waals surface area contributed by atoms with Crippen molar-refractivity contribution in [3.05, 3.63) is 94.5 Å². The van der Waals surface area contributed by atoms with Crippen molar-refractivity contribution >= 4 is 33.2 Å². The Morgan fingerprint density at radius 3 is 2.36 bits per heavy atom. The number of rotatable bonds is 6. The summed E-state index contributed by atoms with van der Waals surface area (Å²) in [6.45, 7) is 2.02. The number of sulfonamides is 1. The minimum atomic E-state index is -3.80. The van der Waals surface area contributed by atoms with E-state index in [1.807, 2.05) is 49.4 Å². The topological polar surface area (TPSA) is 75.3 Å². The molecule has 0 atom stereocenters. The molecule has 28 heavy (non-hydrogen) atoms. The fraction of sp³-hybridized carbons (Fsp3) is 0.0952.